The van der Waals surface area contributed by atoms with Gasteiger partial charge in [0, 0.05) is 29.8 Å². The fourth-order valence-electron chi connectivity index (χ4n) is 8.46. The number of ether oxygens (including phenoxy) is 3. The van der Waals surface area contributed by atoms with Gasteiger partial charge in [-0.25, -0.2) is 13.6 Å². The highest BCUT2D eigenvalue weighted by molar-refractivity contribution is 6.01. The predicted molar refractivity (Wildman–Crippen MR) is 140 cm³/mol. The van der Waals surface area contributed by atoms with Crippen molar-refractivity contribution < 1.29 is 42.5 Å². The van der Waals surface area contributed by atoms with Gasteiger partial charge in [-0.2, -0.15) is 0 Å². The first-order valence-corrected chi connectivity index (χ1v) is 14.3. The van der Waals surface area contributed by atoms with Gasteiger partial charge in [0.15, 0.2) is 29.9 Å². The summed E-state index contributed by atoms with van der Waals surface area (Å²) in [4.78, 5) is 38.3. The van der Waals surface area contributed by atoms with Crippen molar-refractivity contribution in [3.63, 3.8) is 0 Å². The van der Waals surface area contributed by atoms with E-state index in [1.807, 2.05) is 6.92 Å². The van der Waals surface area contributed by atoms with Crippen molar-refractivity contribution in [1.82, 2.24) is 10.6 Å². The number of amides is 1. The number of hydrogen-bond acceptors (Lipinski definition) is 8. The number of ketones is 2. The van der Waals surface area contributed by atoms with E-state index in [0.717, 1.165) is 12.5 Å². The van der Waals surface area contributed by atoms with E-state index in [-0.39, 0.29) is 24.8 Å². The van der Waals surface area contributed by atoms with Crippen LogP contribution in [0.25, 0.3) is 0 Å². The molecule has 4 aliphatic carbocycles. The second-order valence-electron chi connectivity index (χ2n) is 12.3. The molecule has 1 amide bonds. The highest BCUT2D eigenvalue weighted by Crippen LogP contribution is 2.72. The van der Waals surface area contributed by atoms with Crippen LogP contribution in [0, 0.1) is 22.7 Å². The Morgan fingerprint density at radius 2 is 1.98 bits per heavy atom. The highest BCUT2D eigenvalue weighted by Gasteiger charge is 2.80. The number of likely N-dealkylation sites (N-methyl/N-ethyl adjacent to an activating group) is 1. The largest absolute Gasteiger partial charge is 0.441 e. The number of aliphatic hydroxyl groups is 1. The molecule has 1 unspecified atom stereocenters. The normalized spacial score (nSPS) is 45.2. The molecule has 10 atom stereocenters. The average molecular weight is 567 g/mol. The molecular weight excluding hydrogens is 526 g/mol. The number of Topliss-reactive ketones (excluding diaryl/α,β-unsaturated/α-hetero) is 1. The molecule has 0 aromatic rings. The number of nitrogens with one attached hydrogen (secondary N) is 2. The van der Waals surface area contributed by atoms with Crippen LogP contribution in [0.3, 0.4) is 0 Å². The van der Waals surface area contributed by atoms with E-state index in [9.17, 15) is 19.5 Å². The first kappa shape index (κ1) is 29.3. The van der Waals surface area contributed by atoms with E-state index in [0.29, 0.717) is 19.5 Å². The molecule has 3 N–H and O–H groups in total. The summed E-state index contributed by atoms with van der Waals surface area (Å²) in [6.45, 7) is 5.51. The average Bonchev–Trinajstić information content (AvgIpc) is 3.38. The Morgan fingerprint density at radius 1 is 1.23 bits per heavy atom. The summed E-state index contributed by atoms with van der Waals surface area (Å²) in [5.41, 5.74) is -6.50. The van der Waals surface area contributed by atoms with Gasteiger partial charge in [-0.1, -0.05) is 26.3 Å². The maximum absolute atomic E-state index is 17.5. The smallest absolute Gasteiger partial charge is 0.407 e. The lowest BCUT2D eigenvalue weighted by Gasteiger charge is -2.63. The lowest BCUT2D eigenvalue weighted by Crippen LogP contribution is -2.71. The summed E-state index contributed by atoms with van der Waals surface area (Å²) in [6.07, 6.45) is -0.533. The highest BCUT2D eigenvalue weighted by atomic mass is 19.1. The fourth-order valence-corrected chi connectivity index (χ4v) is 8.46. The van der Waals surface area contributed by atoms with E-state index < -0.39 is 82.9 Å². The summed E-state index contributed by atoms with van der Waals surface area (Å²) in [7, 11) is 1.74. The molecule has 3 saturated carbocycles. The van der Waals surface area contributed by atoms with Crippen molar-refractivity contribution in [2.45, 2.75) is 88.8 Å². The van der Waals surface area contributed by atoms with Crippen molar-refractivity contribution in [1.29, 1.82) is 0 Å². The van der Waals surface area contributed by atoms with Crippen LogP contribution in [0.5, 0.6) is 0 Å². The number of halogens is 2. The summed E-state index contributed by atoms with van der Waals surface area (Å²) in [5, 5.41) is 17.0. The minimum atomic E-state index is -2.28. The summed E-state index contributed by atoms with van der Waals surface area (Å²) in [5.74, 6) is -2.49. The molecule has 0 aromatic carbocycles. The van der Waals surface area contributed by atoms with E-state index in [4.69, 9.17) is 14.2 Å². The Kier molecular flexibility index (Phi) is 7.51. The molecule has 11 heteroatoms. The number of alkyl carbamates (subject to hydrolysis) is 1. The third-order valence-corrected chi connectivity index (χ3v) is 10.3. The number of hydrogen-bond donors (Lipinski definition) is 3. The Hall–Kier alpha value is -2.21. The van der Waals surface area contributed by atoms with Crippen LogP contribution in [0.4, 0.5) is 13.6 Å². The minimum absolute atomic E-state index is 0.0404. The summed E-state index contributed by atoms with van der Waals surface area (Å²) >= 11 is 0. The van der Waals surface area contributed by atoms with Crippen LogP contribution in [0.15, 0.2) is 23.8 Å². The van der Waals surface area contributed by atoms with E-state index >= 15 is 8.78 Å². The second-order valence-corrected chi connectivity index (χ2v) is 12.3. The van der Waals surface area contributed by atoms with Gasteiger partial charge in [-0.3, -0.25) is 9.59 Å². The third kappa shape index (κ3) is 3.94. The molecule has 222 valence electrons. The van der Waals surface area contributed by atoms with Gasteiger partial charge >= 0.3 is 6.09 Å². The van der Waals surface area contributed by atoms with Crippen LogP contribution >= 0.6 is 0 Å². The maximum Gasteiger partial charge on any atom is 0.407 e. The number of rotatable bonds is 8. The van der Waals surface area contributed by atoms with Crippen LogP contribution < -0.4 is 10.6 Å². The first-order valence-electron chi connectivity index (χ1n) is 14.3. The Morgan fingerprint density at radius 3 is 2.67 bits per heavy atom. The first-order chi connectivity index (χ1) is 18.9. The van der Waals surface area contributed by atoms with Crippen LogP contribution in [-0.4, -0.2) is 85.4 Å². The van der Waals surface area contributed by atoms with Crippen molar-refractivity contribution in [2.24, 2.45) is 22.7 Å². The lowest BCUT2D eigenvalue weighted by atomic mass is 9.44. The zero-order chi connectivity index (χ0) is 29.1. The molecule has 1 saturated heterocycles. The van der Waals surface area contributed by atoms with Gasteiger partial charge in [-0.05, 0) is 63.3 Å². The van der Waals surface area contributed by atoms with Gasteiger partial charge in [0.25, 0.3) is 0 Å². The lowest BCUT2D eigenvalue weighted by molar-refractivity contribution is -0.234. The Balaban J connectivity index is 1.50. The standard InChI is InChI=1S/C29H40F2N2O7/c1-5-6-24-39-23-13-17-18-12-20(30)19-11-16(34)7-8-26(19,2)28(18,31)21(35)14-27(17,3)29(23,40-24)22(36)15-38-25(37)33-10-9-32-4/h7-8,11,17-18,20-21,23-24,32,35H,5-6,9-10,12-15H2,1-4H3,(H,33,37)/t17-,18-,20-,21-,23+,24?,26-,27-,28-,29+/m0/s1. The van der Waals surface area contributed by atoms with Gasteiger partial charge in [0.05, 0.1) is 12.2 Å². The number of alkyl halides is 2. The molecule has 4 fully saturated rings. The molecule has 1 aliphatic heterocycles. The monoisotopic (exact) mass is 566 g/mol. The minimum Gasteiger partial charge on any atom is -0.441 e. The van der Waals surface area contributed by atoms with Crippen molar-refractivity contribution in [3.05, 3.63) is 23.8 Å². The zero-order valence-corrected chi connectivity index (χ0v) is 23.5. The van der Waals surface area contributed by atoms with Crippen molar-refractivity contribution >= 4 is 17.7 Å². The van der Waals surface area contributed by atoms with E-state index in [2.05, 4.69) is 10.6 Å². The molecule has 0 aromatic heterocycles. The van der Waals surface area contributed by atoms with Gasteiger partial charge in [0.2, 0.25) is 5.78 Å². The Bertz CT molecular complexity index is 1130. The zero-order valence-electron chi connectivity index (χ0n) is 23.5. The molecule has 9 nitrogen and oxygen atoms in total. The maximum atomic E-state index is 17.5. The number of carbonyl (C=O) groups excluding carboxylic acids is 3. The second kappa shape index (κ2) is 10.3. The molecule has 0 bridgehead atoms. The summed E-state index contributed by atoms with van der Waals surface area (Å²) < 4.78 is 51.1. The number of carbonyl (C=O) groups is 3. The van der Waals surface area contributed by atoms with Crippen molar-refractivity contribution in [3.8, 4) is 0 Å². The number of fused-ring (bicyclic) bond motifs is 7. The molecular formula is C29H40F2N2O7. The number of aliphatic hydroxyl groups excluding tert-OH is 1. The van der Waals surface area contributed by atoms with Gasteiger partial charge in [-0.15, -0.1) is 0 Å². The van der Waals surface area contributed by atoms with Crippen LogP contribution in [-0.2, 0) is 23.8 Å². The summed E-state index contributed by atoms with van der Waals surface area (Å²) in [6, 6.07) is 0. The third-order valence-electron chi connectivity index (χ3n) is 10.3. The fraction of sp³-hybridized carbons (Fsp3) is 0.759. The molecule has 0 radical (unpaired) electrons. The quantitative estimate of drug-likeness (QED) is 0.384. The SMILES string of the molecule is CCCC1O[C@@H]2C[C@H]3[C@@H]4C[C@H](F)C5=CC(=O)C=C[C@]5(C)[C@@]4(F)[C@@H](O)C[C@]3(C)[C@]2(C(=O)COC(=O)NCCNC)O1. The molecule has 40 heavy (non-hydrogen) atoms. The molecule has 0 spiro atoms. The van der Waals surface area contributed by atoms with Crippen LogP contribution in [0.2, 0.25) is 0 Å². The number of allylic oxidation sites excluding steroid dienone is 4. The molecule has 1 heterocycles. The van der Waals surface area contributed by atoms with Gasteiger partial charge in [0.1, 0.15) is 6.17 Å². The van der Waals surface area contributed by atoms with Crippen molar-refractivity contribution in [2.75, 3.05) is 26.7 Å². The van der Waals surface area contributed by atoms with E-state index in [1.54, 1.807) is 14.0 Å². The molecule has 5 aliphatic rings. The van der Waals surface area contributed by atoms with E-state index in [1.165, 1.54) is 19.1 Å². The topological polar surface area (TPSA) is 123 Å². The predicted octanol–water partition coefficient (Wildman–Crippen LogP) is 2.71. The Labute approximate surface area is 233 Å². The van der Waals surface area contributed by atoms with Crippen LogP contribution in [0.1, 0.15) is 52.9 Å². The van der Waals surface area contributed by atoms with Gasteiger partial charge < -0.3 is 30.0 Å². The molecule has 5 rings (SSSR count).